The van der Waals surface area contributed by atoms with Gasteiger partial charge in [0.15, 0.2) is 10.9 Å². The van der Waals surface area contributed by atoms with Crippen molar-refractivity contribution in [2.75, 3.05) is 13.7 Å². The number of rotatable bonds is 8. The van der Waals surface area contributed by atoms with Crippen LogP contribution >= 0.6 is 11.8 Å². The minimum Gasteiger partial charge on any atom is -0.461 e. The molecule has 0 radical (unpaired) electrons. The van der Waals surface area contributed by atoms with Crippen LogP contribution in [0.1, 0.15) is 15.9 Å². The third-order valence-electron chi connectivity index (χ3n) is 3.58. The number of hydrogen-bond acceptors (Lipinski definition) is 6. The Hall–Kier alpha value is -2.58. The quantitative estimate of drug-likeness (QED) is 0.622. The number of furan rings is 1. The van der Waals surface area contributed by atoms with Crippen molar-refractivity contribution in [1.29, 1.82) is 0 Å². The highest BCUT2D eigenvalue weighted by molar-refractivity contribution is 7.98. The third-order valence-corrected chi connectivity index (χ3v) is 4.62. The molecule has 3 rings (SSSR count). The first-order chi connectivity index (χ1) is 12.2. The number of carbonyl (C=O) groups excluding carboxylic acids is 1. The van der Waals surface area contributed by atoms with Crippen molar-refractivity contribution in [3.8, 4) is 11.6 Å². The predicted molar refractivity (Wildman–Crippen MR) is 94.1 cm³/mol. The second-order valence-corrected chi connectivity index (χ2v) is 6.22. The molecule has 0 aliphatic rings. The van der Waals surface area contributed by atoms with E-state index in [-0.39, 0.29) is 0 Å². The summed E-state index contributed by atoms with van der Waals surface area (Å²) in [4.78, 5) is 11.1. The Labute approximate surface area is 149 Å². The molecular formula is C17H18N4O3S. The summed E-state index contributed by atoms with van der Waals surface area (Å²) < 4.78 is 12.6. The van der Waals surface area contributed by atoms with Crippen molar-refractivity contribution < 1.29 is 13.9 Å². The molecule has 3 aromatic rings. The standard InChI is InChI=1S/C17H18N4O3S/c1-23-10-8-21-16(14-3-2-9-24-14)19-20-17(21)25-11-12-4-6-13(7-5-12)15(18)22/h2-7,9H,8,10-11H2,1H3,(H2,18,22). The molecule has 25 heavy (non-hydrogen) atoms. The predicted octanol–water partition coefficient (Wildman–Crippen LogP) is 2.58. The number of carbonyl (C=O) groups is 1. The summed E-state index contributed by atoms with van der Waals surface area (Å²) in [6.45, 7) is 1.18. The van der Waals surface area contributed by atoms with Crippen molar-refractivity contribution >= 4 is 17.7 Å². The fraction of sp³-hybridized carbons (Fsp3) is 0.235. The van der Waals surface area contributed by atoms with Crippen LogP contribution in [-0.4, -0.2) is 34.4 Å². The second-order valence-electron chi connectivity index (χ2n) is 5.28. The van der Waals surface area contributed by atoms with Gasteiger partial charge in [-0.05, 0) is 29.8 Å². The summed E-state index contributed by atoms with van der Waals surface area (Å²) in [7, 11) is 1.66. The number of nitrogens with two attached hydrogens (primary N) is 1. The van der Waals surface area contributed by atoms with Gasteiger partial charge in [-0.25, -0.2) is 0 Å². The van der Waals surface area contributed by atoms with E-state index in [0.29, 0.717) is 36.1 Å². The van der Waals surface area contributed by atoms with Crippen molar-refractivity contribution in [1.82, 2.24) is 14.8 Å². The number of methoxy groups -OCH3 is 1. The molecule has 0 atom stereocenters. The van der Waals surface area contributed by atoms with Crippen LogP contribution in [0.2, 0.25) is 0 Å². The molecule has 0 spiro atoms. The SMILES string of the molecule is COCCn1c(SCc2ccc(C(N)=O)cc2)nnc1-c1ccco1. The number of benzene rings is 1. The maximum atomic E-state index is 11.1. The van der Waals surface area contributed by atoms with Crippen molar-refractivity contribution in [3.05, 3.63) is 53.8 Å². The molecule has 8 heteroatoms. The van der Waals surface area contributed by atoms with Gasteiger partial charge in [-0.2, -0.15) is 0 Å². The smallest absolute Gasteiger partial charge is 0.248 e. The number of primary amides is 1. The van der Waals surface area contributed by atoms with E-state index in [1.807, 2.05) is 28.8 Å². The highest BCUT2D eigenvalue weighted by Crippen LogP contribution is 2.26. The van der Waals surface area contributed by atoms with Gasteiger partial charge < -0.3 is 14.9 Å². The summed E-state index contributed by atoms with van der Waals surface area (Å²) in [5.74, 6) is 1.61. The number of hydrogen-bond donors (Lipinski definition) is 1. The highest BCUT2D eigenvalue weighted by Gasteiger charge is 2.16. The van der Waals surface area contributed by atoms with E-state index in [1.165, 1.54) is 0 Å². The summed E-state index contributed by atoms with van der Waals surface area (Å²) in [5.41, 5.74) is 6.82. The molecule has 7 nitrogen and oxygen atoms in total. The Morgan fingerprint density at radius 1 is 1.28 bits per heavy atom. The average Bonchev–Trinajstić information content (AvgIpc) is 3.27. The van der Waals surface area contributed by atoms with Gasteiger partial charge in [0.05, 0.1) is 19.4 Å². The summed E-state index contributed by atoms with van der Waals surface area (Å²) in [6, 6.07) is 10.9. The van der Waals surface area contributed by atoms with Gasteiger partial charge in [0.25, 0.3) is 0 Å². The topological polar surface area (TPSA) is 96.2 Å². The van der Waals surface area contributed by atoms with Crippen LogP contribution < -0.4 is 5.73 Å². The van der Waals surface area contributed by atoms with Gasteiger partial charge >= 0.3 is 0 Å². The number of nitrogens with zero attached hydrogens (tertiary/aromatic N) is 3. The van der Waals surface area contributed by atoms with Crippen LogP contribution in [-0.2, 0) is 17.0 Å². The van der Waals surface area contributed by atoms with E-state index < -0.39 is 5.91 Å². The monoisotopic (exact) mass is 358 g/mol. The van der Waals surface area contributed by atoms with E-state index in [2.05, 4.69) is 10.2 Å². The fourth-order valence-electron chi connectivity index (χ4n) is 2.28. The van der Waals surface area contributed by atoms with E-state index in [1.54, 1.807) is 37.3 Å². The van der Waals surface area contributed by atoms with E-state index in [4.69, 9.17) is 14.9 Å². The molecule has 130 valence electrons. The first-order valence-corrected chi connectivity index (χ1v) is 8.65. The summed E-state index contributed by atoms with van der Waals surface area (Å²) in [6.07, 6.45) is 1.61. The van der Waals surface area contributed by atoms with Crippen LogP contribution in [0.3, 0.4) is 0 Å². The molecule has 2 aromatic heterocycles. The maximum Gasteiger partial charge on any atom is 0.248 e. The lowest BCUT2D eigenvalue weighted by atomic mass is 10.1. The van der Waals surface area contributed by atoms with E-state index in [0.717, 1.165) is 10.7 Å². The number of aromatic nitrogens is 3. The molecular weight excluding hydrogens is 340 g/mol. The van der Waals surface area contributed by atoms with E-state index >= 15 is 0 Å². The Bertz CT molecular complexity index is 828. The lowest BCUT2D eigenvalue weighted by Gasteiger charge is -2.08. The van der Waals surface area contributed by atoms with Gasteiger partial charge in [0.1, 0.15) is 0 Å². The molecule has 0 bridgehead atoms. The summed E-state index contributed by atoms with van der Waals surface area (Å²) >= 11 is 1.56. The van der Waals surface area contributed by atoms with Gasteiger partial charge in [-0.15, -0.1) is 10.2 Å². The van der Waals surface area contributed by atoms with Crippen molar-refractivity contribution in [2.45, 2.75) is 17.5 Å². The Morgan fingerprint density at radius 3 is 2.72 bits per heavy atom. The molecule has 0 saturated heterocycles. The van der Waals surface area contributed by atoms with Crippen LogP contribution in [0, 0.1) is 0 Å². The highest BCUT2D eigenvalue weighted by atomic mass is 32.2. The molecule has 2 heterocycles. The minimum absolute atomic E-state index is 0.429. The molecule has 1 aromatic carbocycles. The Balaban J connectivity index is 1.76. The van der Waals surface area contributed by atoms with Gasteiger partial charge in [0.2, 0.25) is 11.7 Å². The molecule has 0 aliphatic carbocycles. The Morgan fingerprint density at radius 2 is 2.08 bits per heavy atom. The zero-order chi connectivity index (χ0) is 17.6. The van der Waals surface area contributed by atoms with Crippen molar-refractivity contribution in [2.24, 2.45) is 5.73 Å². The number of amides is 1. The second kappa shape index (κ2) is 8.00. The maximum absolute atomic E-state index is 11.1. The first-order valence-electron chi connectivity index (χ1n) is 7.66. The van der Waals surface area contributed by atoms with Gasteiger partial charge in [0, 0.05) is 18.4 Å². The molecule has 0 aliphatic heterocycles. The normalized spacial score (nSPS) is 10.9. The van der Waals surface area contributed by atoms with Crippen molar-refractivity contribution in [3.63, 3.8) is 0 Å². The van der Waals surface area contributed by atoms with Crippen LogP contribution in [0.15, 0.2) is 52.2 Å². The lowest BCUT2D eigenvalue weighted by Crippen LogP contribution is -2.10. The zero-order valence-corrected chi connectivity index (χ0v) is 14.5. The third kappa shape index (κ3) is 4.09. The Kier molecular flexibility index (Phi) is 5.52. The van der Waals surface area contributed by atoms with Crippen LogP contribution in [0.5, 0.6) is 0 Å². The molecule has 1 amide bonds. The molecule has 0 fully saturated rings. The van der Waals surface area contributed by atoms with E-state index in [9.17, 15) is 4.79 Å². The number of ether oxygens (including phenoxy) is 1. The zero-order valence-electron chi connectivity index (χ0n) is 13.7. The largest absolute Gasteiger partial charge is 0.461 e. The average molecular weight is 358 g/mol. The van der Waals surface area contributed by atoms with Crippen LogP contribution in [0.4, 0.5) is 0 Å². The fourth-order valence-corrected chi connectivity index (χ4v) is 3.20. The molecule has 0 saturated carbocycles. The lowest BCUT2D eigenvalue weighted by molar-refractivity contribution is 0.100. The van der Waals surface area contributed by atoms with Gasteiger partial charge in [-0.3, -0.25) is 9.36 Å². The summed E-state index contributed by atoms with van der Waals surface area (Å²) in [5, 5.41) is 9.29. The molecule has 0 unspecified atom stereocenters. The van der Waals surface area contributed by atoms with Gasteiger partial charge in [-0.1, -0.05) is 23.9 Å². The van der Waals surface area contributed by atoms with Crippen LogP contribution in [0.25, 0.3) is 11.6 Å². The number of thioether (sulfide) groups is 1. The molecule has 2 N–H and O–H groups in total. The first kappa shape index (κ1) is 17.2. The minimum atomic E-state index is -0.429.